The lowest BCUT2D eigenvalue weighted by atomic mass is 10.1. The number of rotatable bonds is 3. The lowest BCUT2D eigenvalue weighted by Crippen LogP contribution is -2.30. The fourth-order valence-corrected chi connectivity index (χ4v) is 5.39. The van der Waals surface area contributed by atoms with Crippen LogP contribution in [-0.2, 0) is 9.47 Å². The molecule has 44 heavy (non-hydrogen) atoms. The average Bonchev–Trinajstić information content (AvgIpc) is 3.35. The molecule has 0 unspecified atom stereocenters. The maximum atomic E-state index is 13.6. The fourth-order valence-electron chi connectivity index (χ4n) is 4.69. The SMILES string of the molecule is CCN1CCCNc2cccn3c(SC(F)(F)F)c(cc23)C#CCNc2ccc(cc2OC)C(=O)NCCOCCOCC1. The Bertz CT molecular complexity index is 1450. The van der Waals surface area contributed by atoms with Gasteiger partial charge in [-0.15, -0.1) is 0 Å². The first-order valence-corrected chi connectivity index (χ1v) is 15.3. The van der Waals surface area contributed by atoms with E-state index in [2.05, 4.69) is 39.6 Å². The molecule has 0 atom stereocenters. The molecule has 0 spiro atoms. The molecule has 5 rings (SSSR count). The Morgan fingerprint density at radius 1 is 1.00 bits per heavy atom. The van der Waals surface area contributed by atoms with Crippen molar-refractivity contribution >= 4 is 34.6 Å². The van der Waals surface area contributed by atoms with E-state index in [1.807, 2.05) is 6.07 Å². The molecule has 1 amide bonds. The van der Waals surface area contributed by atoms with Gasteiger partial charge in [-0.25, -0.2) is 0 Å². The number of pyridine rings is 1. The Kier molecular flexibility index (Phi) is 12.5. The molecule has 2 aliphatic rings. The number of alkyl halides is 3. The molecule has 3 N–H and O–H groups in total. The number of nitrogens with zero attached hydrogens (tertiary/aromatic N) is 2. The van der Waals surface area contributed by atoms with Crippen molar-refractivity contribution in [2.24, 2.45) is 0 Å². The third-order valence-electron chi connectivity index (χ3n) is 6.90. The van der Waals surface area contributed by atoms with E-state index < -0.39 is 5.51 Å². The highest BCUT2D eigenvalue weighted by molar-refractivity contribution is 8.00. The Labute approximate surface area is 259 Å². The molecular formula is C31H38F3N5O4S. The Balaban J connectivity index is 1.57. The summed E-state index contributed by atoms with van der Waals surface area (Å²) in [5.41, 5.74) is -1.83. The van der Waals surface area contributed by atoms with Crippen molar-refractivity contribution in [2.45, 2.75) is 23.9 Å². The lowest BCUT2D eigenvalue weighted by Gasteiger charge is -2.20. The predicted octanol–water partition coefficient (Wildman–Crippen LogP) is 4.92. The number of hydrogen-bond donors (Lipinski definition) is 3. The van der Waals surface area contributed by atoms with E-state index in [-0.39, 0.29) is 34.8 Å². The Morgan fingerprint density at radius 3 is 2.59 bits per heavy atom. The summed E-state index contributed by atoms with van der Waals surface area (Å²) in [6, 6.07) is 10.2. The third kappa shape index (κ3) is 9.72. The number of likely N-dealkylation sites (N-methyl/N-ethyl adjacent to an activating group) is 1. The van der Waals surface area contributed by atoms with Gasteiger partial charge in [0, 0.05) is 43.2 Å². The molecule has 0 saturated carbocycles. The number of amides is 1. The van der Waals surface area contributed by atoms with Gasteiger partial charge in [0.25, 0.3) is 5.91 Å². The van der Waals surface area contributed by atoms with E-state index in [0.29, 0.717) is 62.0 Å². The molecule has 0 saturated heterocycles. The van der Waals surface area contributed by atoms with Gasteiger partial charge in [0.2, 0.25) is 0 Å². The van der Waals surface area contributed by atoms with Crippen LogP contribution in [0.3, 0.4) is 0 Å². The van der Waals surface area contributed by atoms with Crippen LogP contribution in [0.1, 0.15) is 29.3 Å². The monoisotopic (exact) mass is 633 g/mol. The first kappa shape index (κ1) is 33.3. The predicted molar refractivity (Wildman–Crippen MR) is 167 cm³/mol. The minimum absolute atomic E-state index is 0.00677. The molecule has 0 aliphatic carbocycles. The molecule has 2 aromatic heterocycles. The highest BCUT2D eigenvalue weighted by Gasteiger charge is 2.32. The maximum Gasteiger partial charge on any atom is 0.447 e. The quantitative estimate of drug-likeness (QED) is 0.213. The number of halogens is 3. The smallest absolute Gasteiger partial charge is 0.447 e. The van der Waals surface area contributed by atoms with Gasteiger partial charge < -0.3 is 39.5 Å². The van der Waals surface area contributed by atoms with E-state index in [1.165, 1.54) is 11.5 Å². The van der Waals surface area contributed by atoms with E-state index >= 15 is 0 Å². The topological polar surface area (TPSA) is 88.5 Å². The summed E-state index contributed by atoms with van der Waals surface area (Å²) < 4.78 is 58.9. The van der Waals surface area contributed by atoms with Crippen LogP contribution in [0.2, 0.25) is 0 Å². The standard InChI is InChI=1S/C31H38F3N5O4S/c1-3-38-14-6-12-35-25-8-5-15-39-27(25)21-24(30(39)44-31(32,33)34)7-4-11-36-26-10-9-23(22-28(26)41-2)29(40)37-13-17-42-19-20-43-18-16-38/h5,8-10,15,21-22,35-36H,3,6,11-14,16-20H2,1-2H3,(H,37,40). The number of carbonyl (C=O) groups excluding carboxylic acids is 1. The van der Waals surface area contributed by atoms with Crippen molar-refractivity contribution in [3.05, 3.63) is 53.7 Å². The van der Waals surface area contributed by atoms with Crippen molar-refractivity contribution in [2.75, 3.05) is 83.4 Å². The second-order valence-electron chi connectivity index (χ2n) is 9.85. The zero-order valence-corrected chi connectivity index (χ0v) is 25.7. The van der Waals surface area contributed by atoms with Crippen LogP contribution in [-0.4, -0.2) is 93.5 Å². The molecule has 3 aromatic rings. The molecule has 0 radical (unpaired) electrons. The minimum Gasteiger partial charge on any atom is -0.495 e. The number of hydrogen-bond acceptors (Lipinski definition) is 8. The number of fused-ring (bicyclic) bond motifs is 18. The molecular weight excluding hydrogens is 595 g/mol. The summed E-state index contributed by atoms with van der Waals surface area (Å²) in [6.07, 6.45) is 2.46. The number of ether oxygens (including phenoxy) is 3. The number of aromatic nitrogens is 1. The molecule has 4 heterocycles. The van der Waals surface area contributed by atoms with Crippen molar-refractivity contribution in [3.8, 4) is 17.6 Å². The van der Waals surface area contributed by atoms with E-state index in [4.69, 9.17) is 14.2 Å². The molecule has 4 bridgehead atoms. The summed E-state index contributed by atoms with van der Waals surface area (Å²) >= 11 is -0.181. The molecule has 0 fully saturated rings. The average molecular weight is 634 g/mol. The summed E-state index contributed by atoms with van der Waals surface area (Å²) in [6.45, 7) is 7.55. The largest absolute Gasteiger partial charge is 0.495 e. The number of anilines is 2. The van der Waals surface area contributed by atoms with Crippen molar-refractivity contribution in [1.82, 2.24) is 14.6 Å². The van der Waals surface area contributed by atoms with Gasteiger partial charge >= 0.3 is 5.51 Å². The zero-order chi connectivity index (χ0) is 31.4. The number of nitrogens with one attached hydrogen (secondary N) is 3. The highest BCUT2D eigenvalue weighted by Crippen LogP contribution is 2.40. The van der Waals surface area contributed by atoms with Crippen LogP contribution in [0.5, 0.6) is 5.75 Å². The Hall–Kier alpha value is -3.57. The van der Waals surface area contributed by atoms with E-state index in [9.17, 15) is 18.0 Å². The first-order chi connectivity index (χ1) is 21.3. The summed E-state index contributed by atoms with van der Waals surface area (Å²) in [5.74, 6) is 6.02. The molecule has 238 valence electrons. The molecule has 1 aromatic carbocycles. The van der Waals surface area contributed by atoms with Crippen LogP contribution < -0.4 is 20.7 Å². The third-order valence-corrected chi connectivity index (χ3v) is 7.74. The molecule has 9 nitrogen and oxygen atoms in total. The van der Waals surface area contributed by atoms with Crippen LogP contribution in [0.4, 0.5) is 24.5 Å². The maximum absolute atomic E-state index is 13.6. The molecule has 2 aliphatic heterocycles. The van der Waals surface area contributed by atoms with Gasteiger partial charge in [0.15, 0.2) is 0 Å². The Morgan fingerprint density at radius 2 is 1.82 bits per heavy atom. The fraction of sp³-hybridized carbons (Fsp3) is 0.452. The minimum atomic E-state index is -4.48. The lowest BCUT2D eigenvalue weighted by molar-refractivity contribution is -0.0329. The van der Waals surface area contributed by atoms with Crippen LogP contribution in [0.25, 0.3) is 5.52 Å². The summed E-state index contributed by atoms with van der Waals surface area (Å²) in [7, 11) is 1.49. The van der Waals surface area contributed by atoms with Gasteiger partial charge in [0.05, 0.1) is 62.5 Å². The zero-order valence-electron chi connectivity index (χ0n) is 24.9. The number of thioether (sulfide) groups is 1. The second-order valence-corrected chi connectivity index (χ2v) is 10.9. The number of carbonyl (C=O) groups is 1. The van der Waals surface area contributed by atoms with Crippen LogP contribution in [0, 0.1) is 11.8 Å². The summed E-state index contributed by atoms with van der Waals surface area (Å²) in [5, 5.41) is 9.34. The van der Waals surface area contributed by atoms with Crippen molar-refractivity contribution in [1.29, 1.82) is 0 Å². The highest BCUT2D eigenvalue weighted by atomic mass is 32.2. The first-order valence-electron chi connectivity index (χ1n) is 14.5. The van der Waals surface area contributed by atoms with Crippen LogP contribution in [0.15, 0.2) is 47.6 Å². The second kappa shape index (κ2) is 16.5. The van der Waals surface area contributed by atoms with Crippen molar-refractivity contribution in [3.63, 3.8) is 0 Å². The normalized spacial score (nSPS) is 16.8. The van der Waals surface area contributed by atoms with E-state index in [1.54, 1.807) is 36.5 Å². The van der Waals surface area contributed by atoms with Gasteiger partial charge in [-0.1, -0.05) is 18.8 Å². The van der Waals surface area contributed by atoms with Crippen molar-refractivity contribution < 1.29 is 32.2 Å². The van der Waals surface area contributed by atoms with Gasteiger partial charge in [0.1, 0.15) is 10.8 Å². The van der Waals surface area contributed by atoms with Gasteiger partial charge in [-0.05, 0) is 55.9 Å². The number of benzene rings is 1. The summed E-state index contributed by atoms with van der Waals surface area (Å²) in [4.78, 5) is 14.9. The van der Waals surface area contributed by atoms with Crippen LogP contribution >= 0.6 is 11.8 Å². The van der Waals surface area contributed by atoms with E-state index in [0.717, 1.165) is 31.7 Å². The van der Waals surface area contributed by atoms with Gasteiger partial charge in [-0.2, -0.15) is 13.2 Å². The van der Waals surface area contributed by atoms with Gasteiger partial charge in [-0.3, -0.25) is 4.79 Å². The molecule has 13 heteroatoms. The number of methoxy groups -OCH3 is 1.